The molecule has 1 saturated heterocycles. The van der Waals surface area contributed by atoms with Gasteiger partial charge in [0.1, 0.15) is 12.1 Å². The third-order valence-electron chi connectivity index (χ3n) is 6.63. The second kappa shape index (κ2) is 12.3. The Morgan fingerprint density at radius 3 is 2.52 bits per heavy atom. The molecule has 0 aliphatic carbocycles. The molecule has 3 aromatic carbocycles. The lowest BCUT2D eigenvalue weighted by atomic mass is 9.95. The van der Waals surface area contributed by atoms with Gasteiger partial charge in [-0.2, -0.15) is 4.99 Å². The number of halogens is 3. The number of benzene rings is 3. The summed E-state index contributed by atoms with van der Waals surface area (Å²) >= 11 is 1.57. The molecule has 0 atom stereocenters. The number of alkyl halides is 3. The summed E-state index contributed by atoms with van der Waals surface area (Å²) in [5.41, 5.74) is 5.75. The molecule has 1 aliphatic heterocycles. The minimum atomic E-state index is -4.75. The number of hydrogen-bond acceptors (Lipinski definition) is 5. The highest BCUT2D eigenvalue weighted by molar-refractivity contribution is 8.14. The van der Waals surface area contributed by atoms with E-state index in [-0.39, 0.29) is 5.75 Å². The van der Waals surface area contributed by atoms with Crippen molar-refractivity contribution in [3.63, 3.8) is 0 Å². The lowest BCUT2D eigenvalue weighted by Gasteiger charge is -2.24. The van der Waals surface area contributed by atoms with Crippen LogP contribution in [0.25, 0.3) is 17.1 Å². The number of anilines is 1. The average molecular weight is 595 g/mol. The number of nitrogens with one attached hydrogen (secondary N) is 1. The van der Waals surface area contributed by atoms with Gasteiger partial charge in [0, 0.05) is 30.1 Å². The second-order valence-corrected chi connectivity index (χ2v) is 11.0. The van der Waals surface area contributed by atoms with Gasteiger partial charge >= 0.3 is 12.4 Å². The van der Waals surface area contributed by atoms with E-state index in [1.807, 2.05) is 30.3 Å². The Labute approximate surface area is 245 Å². The average Bonchev–Trinajstić information content (AvgIpc) is 3.62. The number of aliphatic imine (C=N–C) groups is 1. The number of urea groups is 1. The quantitative estimate of drug-likeness (QED) is 0.246. The maximum Gasteiger partial charge on any atom is 0.573 e. The summed E-state index contributed by atoms with van der Waals surface area (Å²) in [5, 5.41) is 7.98. The highest BCUT2D eigenvalue weighted by atomic mass is 32.2. The maximum atomic E-state index is 12.7. The van der Waals surface area contributed by atoms with Gasteiger partial charge in [-0.1, -0.05) is 62.0 Å². The van der Waals surface area contributed by atoms with Gasteiger partial charge in [-0.3, -0.25) is 0 Å². The van der Waals surface area contributed by atoms with E-state index in [2.05, 4.69) is 62.9 Å². The van der Waals surface area contributed by atoms with Crippen LogP contribution in [0.5, 0.6) is 5.75 Å². The molecule has 2 amide bonds. The Morgan fingerprint density at radius 1 is 1.10 bits per heavy atom. The Hall–Kier alpha value is -4.32. The molecule has 1 fully saturated rings. The Kier molecular flexibility index (Phi) is 8.53. The number of carbonyl (C=O) groups is 1. The highest BCUT2D eigenvalue weighted by Gasteiger charge is 2.31. The first-order valence-electron chi connectivity index (χ1n) is 13.3. The number of thioether (sulfide) groups is 1. The van der Waals surface area contributed by atoms with Gasteiger partial charge in [-0.05, 0) is 59.9 Å². The Bertz CT molecular complexity index is 1580. The molecule has 2 heterocycles. The van der Waals surface area contributed by atoms with Crippen LogP contribution in [-0.2, 0) is 6.54 Å². The molecule has 8 nitrogen and oxygen atoms in total. The predicted molar refractivity (Wildman–Crippen MR) is 158 cm³/mol. The van der Waals surface area contributed by atoms with Crippen LogP contribution in [0, 0.1) is 6.92 Å². The van der Waals surface area contributed by atoms with Gasteiger partial charge < -0.3 is 15.0 Å². The van der Waals surface area contributed by atoms with Crippen molar-refractivity contribution in [2.24, 2.45) is 4.99 Å². The molecule has 0 spiro atoms. The summed E-state index contributed by atoms with van der Waals surface area (Å²) in [6, 6.07) is 18.6. The zero-order valence-corrected chi connectivity index (χ0v) is 24.0. The number of nitrogens with zero attached hydrogens (tertiary/aromatic N) is 5. The summed E-state index contributed by atoms with van der Waals surface area (Å²) in [6.07, 6.45) is -3.27. The van der Waals surface area contributed by atoms with Crippen LogP contribution in [-0.4, -0.2) is 44.6 Å². The number of amidine groups is 1. The van der Waals surface area contributed by atoms with Gasteiger partial charge in [0.2, 0.25) is 0 Å². The predicted octanol–water partition coefficient (Wildman–Crippen LogP) is 7.08. The highest BCUT2D eigenvalue weighted by Crippen LogP contribution is 2.34. The number of ether oxygens (including phenoxy) is 1. The fraction of sp³-hybridized carbons (Fsp3) is 0.267. The molecule has 1 aliphatic rings. The third-order valence-corrected chi connectivity index (χ3v) is 7.58. The number of amides is 2. The fourth-order valence-electron chi connectivity index (χ4n) is 4.77. The van der Waals surface area contributed by atoms with Gasteiger partial charge in [-0.15, -0.1) is 18.3 Å². The molecule has 5 rings (SSSR count). The van der Waals surface area contributed by atoms with Crippen molar-refractivity contribution in [2.75, 3.05) is 17.2 Å². The molecule has 12 heteroatoms. The summed E-state index contributed by atoms with van der Waals surface area (Å²) in [4.78, 5) is 23.5. The van der Waals surface area contributed by atoms with Gasteiger partial charge in [0.25, 0.3) is 0 Å². The number of rotatable bonds is 7. The molecule has 0 radical (unpaired) electrons. The molecule has 0 saturated carbocycles. The molecule has 42 heavy (non-hydrogen) atoms. The SMILES string of the molecule is Cc1cccc(N2CCSC2=NC(=O)NCc2ccc(-c3ncn(-c4ccc(OC(F)(F)F)cc4)n3)cc2)c1C(C)C. The topological polar surface area (TPSA) is 84.6 Å². The number of carbonyl (C=O) groups excluding carboxylic acids is 1. The minimum Gasteiger partial charge on any atom is -0.406 e. The van der Waals surface area contributed by atoms with Gasteiger partial charge in [-0.25, -0.2) is 14.5 Å². The fourth-order valence-corrected chi connectivity index (χ4v) is 5.71. The van der Waals surface area contributed by atoms with E-state index in [0.29, 0.717) is 29.1 Å². The smallest absolute Gasteiger partial charge is 0.406 e. The third kappa shape index (κ3) is 6.93. The van der Waals surface area contributed by atoms with E-state index in [4.69, 9.17) is 0 Å². The van der Waals surface area contributed by atoms with Crippen molar-refractivity contribution >= 4 is 28.6 Å². The van der Waals surface area contributed by atoms with Crippen molar-refractivity contribution in [1.82, 2.24) is 20.1 Å². The second-order valence-electron chi connectivity index (χ2n) is 9.97. The molecule has 4 aromatic rings. The van der Waals surface area contributed by atoms with E-state index in [0.717, 1.165) is 29.1 Å². The standard InChI is InChI=1S/C30H29F3N6O2S/c1-19(2)26-20(3)5-4-6-25(26)38-15-16-42-29(38)36-28(40)34-17-21-7-9-22(10-8-21)27-35-18-39(37-27)23-11-13-24(14-12-23)41-30(31,32)33/h4-14,18-19H,15-17H2,1-3H3,(H,34,40). The number of aryl methyl sites for hydroxylation is 1. The molecule has 1 N–H and O–H groups in total. The maximum absolute atomic E-state index is 12.7. The summed E-state index contributed by atoms with van der Waals surface area (Å²) < 4.78 is 42.5. The first kappa shape index (κ1) is 29.2. The monoisotopic (exact) mass is 594 g/mol. The van der Waals surface area contributed by atoms with Crippen LogP contribution in [0.4, 0.5) is 23.7 Å². The van der Waals surface area contributed by atoms with Crippen LogP contribution >= 0.6 is 11.8 Å². The molecular formula is C30H29F3N6O2S. The minimum absolute atomic E-state index is 0.302. The largest absolute Gasteiger partial charge is 0.573 e. The van der Waals surface area contributed by atoms with E-state index in [1.165, 1.54) is 46.4 Å². The summed E-state index contributed by atoms with van der Waals surface area (Å²) in [5.74, 6) is 1.34. The Balaban J connectivity index is 1.20. The zero-order chi connectivity index (χ0) is 29.9. The van der Waals surface area contributed by atoms with Crippen molar-refractivity contribution < 1.29 is 22.7 Å². The summed E-state index contributed by atoms with van der Waals surface area (Å²) in [7, 11) is 0. The van der Waals surface area contributed by atoms with Gasteiger partial charge in [0.15, 0.2) is 11.0 Å². The number of hydrogen-bond donors (Lipinski definition) is 1. The molecule has 0 bridgehead atoms. The van der Waals surface area contributed by atoms with E-state index in [1.54, 1.807) is 11.8 Å². The first-order valence-corrected chi connectivity index (χ1v) is 14.3. The summed E-state index contributed by atoms with van der Waals surface area (Å²) in [6.45, 7) is 7.55. The molecular weight excluding hydrogens is 565 g/mol. The lowest BCUT2D eigenvalue weighted by Crippen LogP contribution is -2.28. The van der Waals surface area contributed by atoms with Gasteiger partial charge in [0.05, 0.1) is 5.69 Å². The molecule has 0 unspecified atom stereocenters. The van der Waals surface area contributed by atoms with Crippen LogP contribution in [0.15, 0.2) is 78.0 Å². The van der Waals surface area contributed by atoms with Crippen LogP contribution < -0.4 is 15.0 Å². The lowest BCUT2D eigenvalue weighted by molar-refractivity contribution is -0.274. The van der Waals surface area contributed by atoms with Crippen molar-refractivity contribution in [2.45, 2.75) is 39.6 Å². The van der Waals surface area contributed by atoms with Crippen molar-refractivity contribution in [3.8, 4) is 22.8 Å². The van der Waals surface area contributed by atoms with Crippen LogP contribution in [0.2, 0.25) is 0 Å². The first-order chi connectivity index (χ1) is 20.1. The van der Waals surface area contributed by atoms with E-state index in [9.17, 15) is 18.0 Å². The van der Waals surface area contributed by atoms with Crippen molar-refractivity contribution in [3.05, 3.63) is 89.7 Å². The molecule has 1 aromatic heterocycles. The Morgan fingerprint density at radius 2 is 1.83 bits per heavy atom. The number of aromatic nitrogens is 3. The molecule has 218 valence electrons. The normalized spacial score (nSPS) is 14.5. The van der Waals surface area contributed by atoms with E-state index < -0.39 is 12.4 Å². The van der Waals surface area contributed by atoms with Crippen molar-refractivity contribution in [1.29, 1.82) is 0 Å². The van der Waals surface area contributed by atoms with E-state index >= 15 is 0 Å². The zero-order valence-electron chi connectivity index (χ0n) is 23.2. The van der Waals surface area contributed by atoms with Crippen LogP contribution in [0.1, 0.15) is 36.5 Å². The van der Waals surface area contributed by atoms with Crippen LogP contribution in [0.3, 0.4) is 0 Å².